The number of nitrogens with one attached hydrogen (secondary N) is 1. The molecule has 0 aliphatic carbocycles. The molecule has 2 atom stereocenters. The second kappa shape index (κ2) is 8.20. The van der Waals surface area contributed by atoms with Gasteiger partial charge in [-0.05, 0) is 61.2 Å². The number of carbonyl (C=O) groups is 1. The number of aromatic nitrogens is 3. The highest BCUT2D eigenvalue weighted by Gasteiger charge is 2.50. The lowest BCUT2D eigenvalue weighted by atomic mass is 9.71. The predicted octanol–water partition coefficient (Wildman–Crippen LogP) is 3.64. The number of hydrogen-bond donors (Lipinski definition) is 1. The van der Waals surface area contributed by atoms with Crippen molar-refractivity contribution in [3.63, 3.8) is 0 Å². The Morgan fingerprint density at radius 1 is 1.23 bits per heavy atom. The summed E-state index contributed by atoms with van der Waals surface area (Å²) in [5.41, 5.74) is 2.82. The van der Waals surface area contributed by atoms with Crippen LogP contribution in [0.3, 0.4) is 0 Å². The van der Waals surface area contributed by atoms with Gasteiger partial charge < -0.3 is 9.88 Å². The highest BCUT2D eigenvalue weighted by molar-refractivity contribution is 7.07. The van der Waals surface area contributed by atoms with E-state index in [1.54, 1.807) is 11.3 Å². The summed E-state index contributed by atoms with van der Waals surface area (Å²) >= 11 is 1.75. The summed E-state index contributed by atoms with van der Waals surface area (Å²) in [4.78, 5) is 15.4. The summed E-state index contributed by atoms with van der Waals surface area (Å²) < 4.78 is 2.08. The van der Waals surface area contributed by atoms with Gasteiger partial charge in [-0.3, -0.25) is 9.69 Å². The average molecular weight is 436 g/mol. The number of likely N-dealkylation sites (tertiary alicyclic amines) is 1. The van der Waals surface area contributed by atoms with Crippen molar-refractivity contribution in [1.82, 2.24) is 25.0 Å². The molecule has 6 nitrogen and oxygen atoms in total. The third kappa shape index (κ3) is 3.70. The molecule has 1 saturated heterocycles. The van der Waals surface area contributed by atoms with Crippen LogP contribution in [-0.2, 0) is 24.9 Å². The number of hydrogen-bond acceptors (Lipinski definition) is 5. The van der Waals surface area contributed by atoms with Crippen molar-refractivity contribution in [3.05, 3.63) is 69.9 Å². The summed E-state index contributed by atoms with van der Waals surface area (Å²) in [6.45, 7) is 6.67. The van der Waals surface area contributed by atoms with Gasteiger partial charge in [0.2, 0.25) is 5.82 Å². The van der Waals surface area contributed by atoms with Gasteiger partial charge in [0, 0.05) is 37.0 Å². The van der Waals surface area contributed by atoms with Crippen LogP contribution in [-0.4, -0.2) is 44.2 Å². The predicted molar refractivity (Wildman–Crippen MR) is 122 cm³/mol. The molecule has 0 spiro atoms. The number of aryl methyl sites for hydroxylation is 1. The monoisotopic (exact) mass is 435 g/mol. The number of rotatable bonds is 5. The zero-order chi connectivity index (χ0) is 21.4. The molecule has 5 rings (SSSR count). The lowest BCUT2D eigenvalue weighted by Gasteiger charge is -2.38. The maximum Gasteiger partial charge on any atom is 0.289 e. The van der Waals surface area contributed by atoms with Gasteiger partial charge in [0.25, 0.3) is 5.91 Å². The second-order valence-corrected chi connectivity index (χ2v) is 9.85. The van der Waals surface area contributed by atoms with Crippen LogP contribution in [0.1, 0.15) is 54.3 Å². The van der Waals surface area contributed by atoms with Crippen LogP contribution in [0, 0.1) is 0 Å². The van der Waals surface area contributed by atoms with Crippen molar-refractivity contribution in [1.29, 1.82) is 0 Å². The number of fused-ring (bicyclic) bond motifs is 2. The van der Waals surface area contributed by atoms with E-state index >= 15 is 0 Å². The highest BCUT2D eigenvalue weighted by Crippen LogP contribution is 2.46. The van der Waals surface area contributed by atoms with Gasteiger partial charge in [-0.1, -0.05) is 30.3 Å². The number of amides is 1. The molecule has 0 saturated carbocycles. The minimum absolute atomic E-state index is 0.0593. The molecule has 1 N–H and O–H groups in total. The van der Waals surface area contributed by atoms with E-state index in [1.807, 2.05) is 13.8 Å². The third-order valence-corrected chi connectivity index (χ3v) is 7.57. The van der Waals surface area contributed by atoms with Crippen LogP contribution < -0.4 is 5.32 Å². The Bertz CT molecular complexity index is 1050. The molecule has 31 heavy (non-hydrogen) atoms. The molecule has 2 aromatic heterocycles. The van der Waals surface area contributed by atoms with Crippen LogP contribution in [0.5, 0.6) is 0 Å². The van der Waals surface area contributed by atoms with Gasteiger partial charge in [0.15, 0.2) is 0 Å². The first-order chi connectivity index (χ1) is 15.1. The Morgan fingerprint density at radius 2 is 2.06 bits per heavy atom. The lowest BCUT2D eigenvalue weighted by Crippen LogP contribution is -2.45. The van der Waals surface area contributed by atoms with Crippen LogP contribution >= 0.6 is 11.3 Å². The maximum atomic E-state index is 12.8. The summed E-state index contributed by atoms with van der Waals surface area (Å²) in [6, 6.07) is 13.5. The molecule has 2 aliphatic heterocycles. The molecule has 1 aromatic carbocycles. The third-order valence-electron chi connectivity index (χ3n) is 6.84. The van der Waals surface area contributed by atoms with Gasteiger partial charge in [-0.25, -0.2) is 0 Å². The van der Waals surface area contributed by atoms with Gasteiger partial charge in [-0.15, -0.1) is 10.2 Å². The molecule has 0 unspecified atom stereocenters. The molecule has 162 valence electrons. The first-order valence-electron chi connectivity index (χ1n) is 11.1. The quantitative estimate of drug-likeness (QED) is 0.665. The van der Waals surface area contributed by atoms with E-state index in [4.69, 9.17) is 0 Å². The van der Waals surface area contributed by atoms with Crippen LogP contribution in [0.25, 0.3) is 0 Å². The smallest absolute Gasteiger partial charge is 0.289 e. The van der Waals surface area contributed by atoms with Crippen molar-refractivity contribution < 1.29 is 4.79 Å². The van der Waals surface area contributed by atoms with Crippen molar-refractivity contribution in [2.75, 3.05) is 6.54 Å². The Kier molecular flexibility index (Phi) is 5.40. The molecule has 4 heterocycles. The van der Waals surface area contributed by atoms with Gasteiger partial charge >= 0.3 is 0 Å². The standard InChI is InChI=1S/C24H29N5OS/c1-17(2)25-23(30)22-27-26-21-8-10-24(19-6-4-3-5-7-19)11-12-28(20(24)15-29(21)22)14-18-9-13-31-16-18/h3-7,9,13,16-17,20H,8,10-12,14-15H2,1-2H3,(H,25,30)/t20-,24-/m1/s1. The Balaban J connectivity index is 1.54. The number of nitrogens with zero attached hydrogens (tertiary/aromatic N) is 4. The average Bonchev–Trinajstić information content (AvgIpc) is 3.47. The summed E-state index contributed by atoms with van der Waals surface area (Å²) in [5.74, 6) is 1.23. The first-order valence-corrected chi connectivity index (χ1v) is 12.0. The number of thiophene rings is 1. The van der Waals surface area contributed by atoms with E-state index in [1.165, 1.54) is 11.1 Å². The van der Waals surface area contributed by atoms with Crippen molar-refractivity contribution >= 4 is 17.2 Å². The maximum absolute atomic E-state index is 12.8. The minimum atomic E-state index is -0.136. The first kappa shape index (κ1) is 20.4. The van der Waals surface area contributed by atoms with Crippen molar-refractivity contribution in [2.45, 2.75) is 63.7 Å². The van der Waals surface area contributed by atoms with Crippen molar-refractivity contribution in [2.24, 2.45) is 0 Å². The second-order valence-electron chi connectivity index (χ2n) is 9.07. The molecule has 3 aromatic rings. The SMILES string of the molecule is CC(C)NC(=O)c1nnc2n1C[C@H]1N(Cc3ccsc3)CC[C@@]1(c1ccccc1)CC2. The highest BCUT2D eigenvalue weighted by atomic mass is 32.1. The lowest BCUT2D eigenvalue weighted by molar-refractivity contribution is 0.0923. The molecule has 0 bridgehead atoms. The van der Waals surface area contributed by atoms with E-state index < -0.39 is 0 Å². The van der Waals surface area contributed by atoms with E-state index in [9.17, 15) is 4.79 Å². The summed E-state index contributed by atoms with van der Waals surface area (Å²) in [6.07, 6.45) is 2.98. The number of benzene rings is 1. The van der Waals surface area contributed by atoms with Crippen molar-refractivity contribution in [3.8, 4) is 0 Å². The molecule has 7 heteroatoms. The van der Waals surface area contributed by atoms with Crippen LogP contribution in [0.2, 0.25) is 0 Å². The molecular weight excluding hydrogens is 406 g/mol. The van der Waals surface area contributed by atoms with Gasteiger partial charge in [0.1, 0.15) is 5.82 Å². The fraction of sp³-hybridized carbons (Fsp3) is 0.458. The largest absolute Gasteiger partial charge is 0.347 e. The Labute approximate surface area is 187 Å². The normalized spacial score (nSPS) is 23.4. The molecule has 0 radical (unpaired) electrons. The minimum Gasteiger partial charge on any atom is -0.347 e. The Hall–Kier alpha value is -2.51. The molecular formula is C24H29N5OS. The van der Waals surface area contributed by atoms with Crippen LogP contribution in [0.4, 0.5) is 0 Å². The van der Waals surface area contributed by atoms with Gasteiger partial charge in [-0.2, -0.15) is 11.3 Å². The number of carbonyl (C=O) groups excluding carboxylic acids is 1. The topological polar surface area (TPSA) is 63.1 Å². The fourth-order valence-electron chi connectivity index (χ4n) is 5.37. The zero-order valence-corrected chi connectivity index (χ0v) is 18.9. The van der Waals surface area contributed by atoms with E-state index in [2.05, 4.69) is 72.1 Å². The summed E-state index contributed by atoms with van der Waals surface area (Å²) in [7, 11) is 0. The van der Waals surface area contributed by atoms with E-state index in [0.717, 1.165) is 44.7 Å². The van der Waals surface area contributed by atoms with Gasteiger partial charge in [0.05, 0.1) is 0 Å². The Morgan fingerprint density at radius 3 is 2.81 bits per heavy atom. The molecule has 1 fully saturated rings. The zero-order valence-electron chi connectivity index (χ0n) is 18.1. The molecule has 1 amide bonds. The summed E-state index contributed by atoms with van der Waals surface area (Å²) in [5, 5.41) is 16.1. The van der Waals surface area contributed by atoms with E-state index in [-0.39, 0.29) is 23.4 Å². The van der Waals surface area contributed by atoms with E-state index in [0.29, 0.717) is 5.82 Å². The molecule has 2 aliphatic rings. The fourth-order valence-corrected chi connectivity index (χ4v) is 6.03. The van der Waals surface area contributed by atoms with Crippen LogP contribution in [0.15, 0.2) is 47.2 Å².